The molecule has 0 spiro atoms. The van der Waals surface area contributed by atoms with E-state index in [0.29, 0.717) is 19.6 Å². The number of rotatable bonds is 4. The topological polar surface area (TPSA) is 52.6 Å². The Bertz CT molecular complexity index is 444. The van der Waals surface area contributed by atoms with E-state index in [0.717, 1.165) is 16.6 Å². The summed E-state index contributed by atoms with van der Waals surface area (Å²) in [6.45, 7) is 3.44. The molecule has 0 saturated carbocycles. The predicted molar refractivity (Wildman–Crippen MR) is 74.5 cm³/mol. The van der Waals surface area contributed by atoms with Crippen LogP contribution in [0, 0.1) is 0 Å². The van der Waals surface area contributed by atoms with Crippen LogP contribution in [-0.4, -0.2) is 41.1 Å². The molecule has 4 nitrogen and oxygen atoms in total. The Hall–Kier alpha value is -0.910. The summed E-state index contributed by atoms with van der Waals surface area (Å²) >= 11 is 3.36. The Kier molecular flexibility index (Phi) is 4.04. The highest BCUT2D eigenvalue weighted by atomic mass is 79.9. The van der Waals surface area contributed by atoms with E-state index in [1.54, 1.807) is 0 Å². The van der Waals surface area contributed by atoms with Crippen molar-refractivity contribution in [1.82, 2.24) is 4.90 Å². The number of nitrogens with one attached hydrogen (secondary N) is 1. The van der Waals surface area contributed by atoms with Gasteiger partial charge >= 0.3 is 0 Å². The Balaban J connectivity index is 1.80. The van der Waals surface area contributed by atoms with E-state index in [4.69, 9.17) is 0 Å². The molecule has 1 aromatic carbocycles. The average Bonchev–Trinajstić information content (AvgIpc) is 2.26. The number of carbonyl (C=O) groups excluding carboxylic acids is 1. The zero-order chi connectivity index (χ0) is 13.2. The van der Waals surface area contributed by atoms with Crippen molar-refractivity contribution in [2.24, 2.45) is 0 Å². The van der Waals surface area contributed by atoms with Crippen molar-refractivity contribution in [2.75, 3.05) is 25.0 Å². The van der Waals surface area contributed by atoms with Gasteiger partial charge in [-0.15, -0.1) is 0 Å². The van der Waals surface area contributed by atoms with Crippen molar-refractivity contribution in [3.8, 4) is 0 Å². The molecule has 0 bridgehead atoms. The first kappa shape index (κ1) is 13.5. The summed E-state index contributed by atoms with van der Waals surface area (Å²) in [5.74, 6) is -0.0498. The Morgan fingerprint density at radius 1 is 1.56 bits per heavy atom. The molecule has 0 radical (unpaired) electrons. The van der Waals surface area contributed by atoms with Gasteiger partial charge in [-0.3, -0.25) is 9.69 Å². The van der Waals surface area contributed by atoms with Crippen LogP contribution in [0.3, 0.4) is 0 Å². The number of hydrogen-bond donors (Lipinski definition) is 2. The second-order valence-corrected chi connectivity index (χ2v) is 5.70. The van der Waals surface area contributed by atoms with Crippen molar-refractivity contribution in [2.45, 2.75) is 18.9 Å². The van der Waals surface area contributed by atoms with Gasteiger partial charge in [0.15, 0.2) is 0 Å². The van der Waals surface area contributed by atoms with Gasteiger partial charge in [0.05, 0.1) is 12.1 Å². The van der Waals surface area contributed by atoms with E-state index in [1.807, 2.05) is 36.1 Å². The summed E-state index contributed by atoms with van der Waals surface area (Å²) in [5.41, 5.74) is 0.191. The highest BCUT2D eigenvalue weighted by Gasteiger charge is 2.39. The zero-order valence-electron chi connectivity index (χ0n) is 10.3. The molecular weight excluding hydrogens is 296 g/mol. The first-order valence-electron chi connectivity index (χ1n) is 6.01. The SMILES string of the molecule is CCC1(O)CN(CC(=O)Nc2cccc(Br)c2)C1. The lowest BCUT2D eigenvalue weighted by Crippen LogP contribution is -2.62. The maximum Gasteiger partial charge on any atom is 0.238 e. The van der Waals surface area contributed by atoms with Crippen LogP contribution in [0.5, 0.6) is 0 Å². The van der Waals surface area contributed by atoms with Gasteiger partial charge in [-0.25, -0.2) is 0 Å². The number of aliphatic hydroxyl groups is 1. The van der Waals surface area contributed by atoms with Gasteiger partial charge in [0, 0.05) is 23.2 Å². The van der Waals surface area contributed by atoms with Gasteiger partial charge in [0.25, 0.3) is 0 Å². The van der Waals surface area contributed by atoms with E-state index >= 15 is 0 Å². The van der Waals surface area contributed by atoms with Crippen LogP contribution in [0.1, 0.15) is 13.3 Å². The highest BCUT2D eigenvalue weighted by molar-refractivity contribution is 9.10. The standard InChI is InChI=1S/C13H17BrN2O2/c1-2-13(18)8-16(9-13)7-12(17)15-11-5-3-4-10(14)6-11/h3-6,18H,2,7-9H2,1H3,(H,15,17). The monoisotopic (exact) mass is 312 g/mol. The number of benzene rings is 1. The Morgan fingerprint density at radius 3 is 2.89 bits per heavy atom. The molecule has 1 aliphatic rings. The summed E-state index contributed by atoms with van der Waals surface area (Å²) in [6.07, 6.45) is 0.733. The molecule has 0 aromatic heterocycles. The maximum absolute atomic E-state index is 11.8. The van der Waals surface area contributed by atoms with Gasteiger partial charge in [-0.05, 0) is 24.6 Å². The van der Waals surface area contributed by atoms with Gasteiger partial charge in [-0.1, -0.05) is 28.9 Å². The molecule has 98 valence electrons. The number of amides is 1. The minimum absolute atomic E-state index is 0.0498. The van der Waals surface area contributed by atoms with Crippen molar-refractivity contribution in [1.29, 1.82) is 0 Å². The minimum Gasteiger partial charge on any atom is -0.387 e. The van der Waals surface area contributed by atoms with Crippen LogP contribution in [0.15, 0.2) is 28.7 Å². The summed E-state index contributed by atoms with van der Waals surface area (Å²) in [6, 6.07) is 7.49. The molecule has 1 aromatic rings. The normalized spacial score (nSPS) is 18.2. The van der Waals surface area contributed by atoms with Crippen molar-refractivity contribution >= 4 is 27.5 Å². The van der Waals surface area contributed by atoms with E-state index in [-0.39, 0.29) is 5.91 Å². The fourth-order valence-electron chi connectivity index (χ4n) is 2.09. The third-order valence-electron chi connectivity index (χ3n) is 3.17. The molecule has 1 aliphatic heterocycles. The lowest BCUT2D eigenvalue weighted by atomic mass is 9.91. The maximum atomic E-state index is 11.8. The lowest BCUT2D eigenvalue weighted by molar-refractivity contribution is -0.128. The van der Waals surface area contributed by atoms with Gasteiger partial charge in [0.2, 0.25) is 5.91 Å². The van der Waals surface area contributed by atoms with Crippen molar-refractivity contribution in [3.63, 3.8) is 0 Å². The number of anilines is 1. The fourth-order valence-corrected chi connectivity index (χ4v) is 2.49. The summed E-state index contributed by atoms with van der Waals surface area (Å²) in [7, 11) is 0. The number of likely N-dealkylation sites (tertiary alicyclic amines) is 1. The smallest absolute Gasteiger partial charge is 0.238 e. The first-order chi connectivity index (χ1) is 8.50. The molecule has 1 saturated heterocycles. The quantitative estimate of drug-likeness (QED) is 0.892. The fraction of sp³-hybridized carbons (Fsp3) is 0.462. The van der Waals surface area contributed by atoms with E-state index in [1.165, 1.54) is 0 Å². The summed E-state index contributed by atoms with van der Waals surface area (Å²) in [4.78, 5) is 13.7. The van der Waals surface area contributed by atoms with E-state index in [2.05, 4.69) is 21.2 Å². The Morgan fingerprint density at radius 2 is 2.28 bits per heavy atom. The average molecular weight is 313 g/mol. The van der Waals surface area contributed by atoms with Gasteiger partial charge in [-0.2, -0.15) is 0 Å². The number of halogens is 1. The van der Waals surface area contributed by atoms with Crippen molar-refractivity contribution in [3.05, 3.63) is 28.7 Å². The molecule has 5 heteroatoms. The lowest BCUT2D eigenvalue weighted by Gasteiger charge is -2.45. The molecule has 1 fully saturated rings. The highest BCUT2D eigenvalue weighted by Crippen LogP contribution is 2.23. The summed E-state index contributed by atoms with van der Waals surface area (Å²) < 4.78 is 0.935. The molecule has 1 heterocycles. The largest absolute Gasteiger partial charge is 0.387 e. The molecular formula is C13H17BrN2O2. The van der Waals surface area contributed by atoms with Crippen LogP contribution in [0.2, 0.25) is 0 Å². The zero-order valence-corrected chi connectivity index (χ0v) is 11.9. The number of β-amino-alcohol motifs (C(OH)–C–C–N with tert-alkyl or cyclic N) is 1. The second-order valence-electron chi connectivity index (χ2n) is 4.78. The van der Waals surface area contributed by atoms with Crippen LogP contribution in [0.25, 0.3) is 0 Å². The predicted octanol–water partition coefficient (Wildman–Crippen LogP) is 1.84. The molecule has 0 aliphatic carbocycles. The number of hydrogen-bond acceptors (Lipinski definition) is 3. The molecule has 18 heavy (non-hydrogen) atoms. The third kappa shape index (κ3) is 3.31. The molecule has 0 atom stereocenters. The van der Waals surface area contributed by atoms with Gasteiger partial charge < -0.3 is 10.4 Å². The molecule has 1 amide bonds. The first-order valence-corrected chi connectivity index (χ1v) is 6.80. The van der Waals surface area contributed by atoms with Gasteiger partial charge in [0.1, 0.15) is 0 Å². The summed E-state index contributed by atoms with van der Waals surface area (Å²) in [5, 5.41) is 12.7. The van der Waals surface area contributed by atoms with E-state index in [9.17, 15) is 9.90 Å². The van der Waals surface area contributed by atoms with E-state index < -0.39 is 5.60 Å². The van der Waals surface area contributed by atoms with Crippen LogP contribution in [0.4, 0.5) is 5.69 Å². The Labute approximate surface area is 115 Å². The molecule has 2 rings (SSSR count). The van der Waals surface area contributed by atoms with Crippen LogP contribution < -0.4 is 5.32 Å². The molecule has 2 N–H and O–H groups in total. The number of carbonyl (C=O) groups is 1. The van der Waals surface area contributed by atoms with Crippen LogP contribution in [-0.2, 0) is 4.79 Å². The minimum atomic E-state index is -0.587. The van der Waals surface area contributed by atoms with Crippen molar-refractivity contribution < 1.29 is 9.90 Å². The third-order valence-corrected chi connectivity index (χ3v) is 3.66. The number of nitrogens with zero attached hydrogens (tertiary/aromatic N) is 1. The second kappa shape index (κ2) is 5.38. The van der Waals surface area contributed by atoms with Crippen LogP contribution >= 0.6 is 15.9 Å². The molecule has 0 unspecified atom stereocenters.